The average Bonchev–Trinajstić information content (AvgIpc) is 2.93. The van der Waals surface area contributed by atoms with Gasteiger partial charge in [0, 0.05) is 19.3 Å². The molecule has 7 nitrogen and oxygen atoms in total. The maximum absolute atomic E-state index is 13.8. The summed E-state index contributed by atoms with van der Waals surface area (Å²) in [6.45, 7) is 9.02. The molecule has 0 radical (unpaired) electrons. The largest absolute Gasteiger partial charge is 0.330 e. The Balaban J connectivity index is 1.60. The Morgan fingerprint density at radius 2 is 2.00 bits per heavy atom. The standard InChI is InChI=1S/C24H31N5O2/c1-3-27(4-2)16-13-18-9-8-15-28(17-18)24(31)29-21-12-6-5-10-19(21)23(30)26-20-11-7-14-25-22(20)29/h5-7,10-12,14,18H,3-4,8-9,13,15-17H2,1-2H3,(H,26,30). The summed E-state index contributed by atoms with van der Waals surface area (Å²) < 4.78 is 0. The van der Waals surface area contributed by atoms with Gasteiger partial charge in [0.05, 0.1) is 16.9 Å². The van der Waals surface area contributed by atoms with E-state index in [0.717, 1.165) is 52.0 Å². The summed E-state index contributed by atoms with van der Waals surface area (Å²) in [5, 5.41) is 2.90. The number of likely N-dealkylation sites (tertiary alicyclic amines) is 1. The van der Waals surface area contributed by atoms with Crippen molar-refractivity contribution >= 4 is 29.1 Å². The normalized spacial score (nSPS) is 18.3. The van der Waals surface area contributed by atoms with Crippen molar-refractivity contribution in [2.45, 2.75) is 33.1 Å². The van der Waals surface area contributed by atoms with Crippen molar-refractivity contribution in [3.63, 3.8) is 0 Å². The van der Waals surface area contributed by atoms with Crippen molar-refractivity contribution in [2.24, 2.45) is 5.92 Å². The van der Waals surface area contributed by atoms with Crippen LogP contribution in [0.15, 0.2) is 42.6 Å². The lowest BCUT2D eigenvalue weighted by atomic mass is 9.94. The highest BCUT2D eigenvalue weighted by molar-refractivity contribution is 6.16. The summed E-state index contributed by atoms with van der Waals surface area (Å²) >= 11 is 0. The molecule has 3 amide bonds. The van der Waals surface area contributed by atoms with Gasteiger partial charge in [0.2, 0.25) is 0 Å². The molecule has 1 atom stereocenters. The van der Waals surface area contributed by atoms with Crippen LogP contribution in [0.3, 0.4) is 0 Å². The molecule has 2 aliphatic heterocycles. The second-order valence-electron chi connectivity index (χ2n) is 8.23. The predicted molar refractivity (Wildman–Crippen MR) is 123 cm³/mol. The van der Waals surface area contributed by atoms with Crippen LogP contribution < -0.4 is 10.2 Å². The molecule has 7 heteroatoms. The molecule has 1 unspecified atom stereocenters. The minimum atomic E-state index is -0.226. The number of para-hydroxylation sites is 1. The van der Waals surface area contributed by atoms with Crippen LogP contribution in [-0.2, 0) is 0 Å². The maximum Gasteiger partial charge on any atom is 0.330 e. The molecule has 3 heterocycles. The number of carbonyl (C=O) groups excluding carboxylic acids is 2. The van der Waals surface area contributed by atoms with E-state index in [1.165, 1.54) is 0 Å². The van der Waals surface area contributed by atoms with Gasteiger partial charge in [-0.15, -0.1) is 0 Å². The van der Waals surface area contributed by atoms with Crippen molar-refractivity contribution in [1.82, 2.24) is 14.8 Å². The minimum absolute atomic E-state index is 0.114. The first-order valence-electron chi connectivity index (χ1n) is 11.3. The number of urea groups is 1. The van der Waals surface area contributed by atoms with Gasteiger partial charge in [0.25, 0.3) is 5.91 Å². The second kappa shape index (κ2) is 9.47. The van der Waals surface area contributed by atoms with Crippen LogP contribution in [0.2, 0.25) is 0 Å². The molecule has 1 fully saturated rings. The van der Waals surface area contributed by atoms with E-state index in [1.54, 1.807) is 29.3 Å². The molecule has 1 saturated heterocycles. The Bertz CT molecular complexity index is 943. The third kappa shape index (κ3) is 4.42. The minimum Gasteiger partial charge on any atom is -0.324 e. The van der Waals surface area contributed by atoms with E-state index in [1.807, 2.05) is 23.1 Å². The summed E-state index contributed by atoms with van der Waals surface area (Å²) in [5.74, 6) is 0.732. The Kier molecular flexibility index (Phi) is 6.51. The first-order valence-corrected chi connectivity index (χ1v) is 11.3. The van der Waals surface area contributed by atoms with Crippen molar-refractivity contribution in [3.8, 4) is 0 Å². The number of piperidine rings is 1. The summed E-state index contributed by atoms with van der Waals surface area (Å²) in [5.41, 5.74) is 1.60. The third-order valence-corrected chi connectivity index (χ3v) is 6.37. The fraction of sp³-hybridized carbons (Fsp3) is 0.458. The molecule has 1 aromatic carbocycles. The Labute approximate surface area is 184 Å². The number of nitrogens with one attached hydrogen (secondary N) is 1. The number of benzene rings is 1. The van der Waals surface area contributed by atoms with Gasteiger partial charge in [-0.1, -0.05) is 26.0 Å². The molecule has 0 spiro atoms. The van der Waals surface area contributed by atoms with E-state index in [9.17, 15) is 9.59 Å². The van der Waals surface area contributed by atoms with Gasteiger partial charge in [-0.25, -0.2) is 14.7 Å². The molecule has 31 heavy (non-hydrogen) atoms. The molecule has 1 aromatic heterocycles. The van der Waals surface area contributed by atoms with Crippen LogP contribution in [0.1, 0.15) is 43.5 Å². The highest BCUT2D eigenvalue weighted by Gasteiger charge is 2.34. The predicted octanol–water partition coefficient (Wildman–Crippen LogP) is 4.35. The van der Waals surface area contributed by atoms with Gasteiger partial charge < -0.3 is 15.1 Å². The molecule has 4 rings (SSSR count). The first kappa shape index (κ1) is 21.3. The lowest BCUT2D eigenvalue weighted by Gasteiger charge is -2.37. The van der Waals surface area contributed by atoms with Gasteiger partial charge in [-0.3, -0.25) is 4.79 Å². The summed E-state index contributed by atoms with van der Waals surface area (Å²) in [6, 6.07) is 10.7. The van der Waals surface area contributed by atoms with Crippen LogP contribution in [0.4, 0.5) is 22.0 Å². The Hall–Kier alpha value is -2.93. The molecular weight excluding hydrogens is 390 g/mol. The van der Waals surface area contributed by atoms with Gasteiger partial charge in [0.1, 0.15) is 0 Å². The maximum atomic E-state index is 13.8. The highest BCUT2D eigenvalue weighted by atomic mass is 16.2. The molecule has 164 valence electrons. The zero-order valence-electron chi connectivity index (χ0n) is 18.4. The van der Waals surface area contributed by atoms with Crippen LogP contribution in [-0.4, -0.2) is 59.4 Å². The van der Waals surface area contributed by atoms with E-state index in [4.69, 9.17) is 0 Å². The van der Waals surface area contributed by atoms with Crippen LogP contribution in [0.25, 0.3) is 0 Å². The van der Waals surface area contributed by atoms with Crippen LogP contribution in [0.5, 0.6) is 0 Å². The van der Waals surface area contributed by atoms with E-state index >= 15 is 0 Å². The number of nitrogens with zero attached hydrogens (tertiary/aromatic N) is 4. The van der Waals surface area contributed by atoms with E-state index in [0.29, 0.717) is 28.7 Å². The average molecular weight is 422 g/mol. The van der Waals surface area contributed by atoms with Crippen molar-refractivity contribution in [3.05, 3.63) is 48.2 Å². The topological polar surface area (TPSA) is 68.8 Å². The van der Waals surface area contributed by atoms with Gasteiger partial charge in [-0.05, 0) is 69.1 Å². The fourth-order valence-corrected chi connectivity index (χ4v) is 4.55. The molecule has 0 aliphatic carbocycles. The van der Waals surface area contributed by atoms with Crippen molar-refractivity contribution in [1.29, 1.82) is 0 Å². The number of carbonyl (C=O) groups is 2. The molecular formula is C24H31N5O2. The Morgan fingerprint density at radius 1 is 1.19 bits per heavy atom. The highest BCUT2D eigenvalue weighted by Crippen LogP contribution is 2.37. The number of pyridine rings is 1. The quantitative estimate of drug-likeness (QED) is 0.779. The van der Waals surface area contributed by atoms with Crippen molar-refractivity contribution in [2.75, 3.05) is 42.9 Å². The number of fused-ring (bicyclic) bond motifs is 2. The van der Waals surface area contributed by atoms with E-state index in [2.05, 4.69) is 29.0 Å². The first-order chi connectivity index (χ1) is 15.1. The smallest absolute Gasteiger partial charge is 0.324 e. The monoisotopic (exact) mass is 421 g/mol. The SMILES string of the molecule is CCN(CC)CCC1CCCN(C(=O)N2c3ccccc3C(=O)Nc3cccnc32)C1. The number of anilines is 3. The molecule has 0 saturated carbocycles. The zero-order valence-corrected chi connectivity index (χ0v) is 18.4. The van der Waals surface area contributed by atoms with Gasteiger partial charge in [0.15, 0.2) is 5.82 Å². The second-order valence-corrected chi connectivity index (χ2v) is 8.23. The third-order valence-electron chi connectivity index (χ3n) is 6.37. The van der Waals surface area contributed by atoms with Gasteiger partial charge >= 0.3 is 6.03 Å². The lowest BCUT2D eigenvalue weighted by Crippen LogP contribution is -2.47. The number of rotatable bonds is 5. The molecule has 0 bridgehead atoms. The number of hydrogen-bond donors (Lipinski definition) is 1. The lowest BCUT2D eigenvalue weighted by molar-refractivity contribution is 0.102. The summed E-state index contributed by atoms with van der Waals surface area (Å²) in [6.07, 6.45) is 4.89. The van der Waals surface area contributed by atoms with Crippen LogP contribution >= 0.6 is 0 Å². The summed E-state index contributed by atoms with van der Waals surface area (Å²) in [7, 11) is 0. The Morgan fingerprint density at radius 3 is 2.81 bits per heavy atom. The zero-order chi connectivity index (χ0) is 21.8. The number of hydrogen-bond acceptors (Lipinski definition) is 4. The van der Waals surface area contributed by atoms with E-state index < -0.39 is 0 Å². The van der Waals surface area contributed by atoms with Gasteiger partial charge in [-0.2, -0.15) is 0 Å². The van der Waals surface area contributed by atoms with E-state index in [-0.39, 0.29) is 11.9 Å². The number of aromatic nitrogens is 1. The summed E-state index contributed by atoms with van der Waals surface area (Å²) in [4.78, 5) is 37.0. The molecule has 2 aliphatic rings. The van der Waals surface area contributed by atoms with Crippen molar-refractivity contribution < 1.29 is 9.59 Å². The molecule has 2 aromatic rings. The number of amides is 3. The van der Waals surface area contributed by atoms with Crippen LogP contribution in [0, 0.1) is 5.92 Å². The molecule has 1 N–H and O–H groups in total. The fourth-order valence-electron chi connectivity index (χ4n) is 4.55.